The third-order valence-electron chi connectivity index (χ3n) is 3.60. The molecule has 3 rings (SSSR count). The number of hydrogen-bond acceptors (Lipinski definition) is 3. The summed E-state index contributed by atoms with van der Waals surface area (Å²) in [7, 11) is 0. The predicted octanol–water partition coefficient (Wildman–Crippen LogP) is 6.27. The lowest BCUT2D eigenvalue weighted by Gasteiger charge is -2.07. The number of rotatable bonds is 4. The number of carbonyl (C=O) groups is 1. The molecule has 0 spiro atoms. The van der Waals surface area contributed by atoms with Crippen LogP contribution in [0.25, 0.3) is 0 Å². The Morgan fingerprint density at radius 2 is 1.52 bits per heavy atom. The molecule has 3 aromatic carbocycles. The third kappa shape index (κ3) is 4.73. The van der Waals surface area contributed by atoms with Crippen molar-refractivity contribution in [2.45, 2.75) is 6.92 Å². The minimum absolute atomic E-state index is 0.128. The minimum atomic E-state index is -0.128. The van der Waals surface area contributed by atoms with Crippen molar-refractivity contribution in [3.63, 3.8) is 0 Å². The Kier molecular flexibility index (Phi) is 5.55. The maximum atomic E-state index is 12.3. The monoisotopic (exact) mass is 441 g/mol. The standard InChI is InChI=1S/C20H16IN3O/c1-14-7-8-15(13-19(14)21)20(25)22-16-9-11-18(12-10-16)24-23-17-5-3-2-4-6-17/h2-13H,1H3,(H,22,25). The topological polar surface area (TPSA) is 53.8 Å². The van der Waals surface area contributed by atoms with E-state index in [1.165, 1.54) is 0 Å². The van der Waals surface area contributed by atoms with Crippen molar-refractivity contribution in [2.24, 2.45) is 10.2 Å². The molecule has 124 valence electrons. The first-order valence-electron chi connectivity index (χ1n) is 7.76. The summed E-state index contributed by atoms with van der Waals surface area (Å²) in [6, 6.07) is 22.5. The highest BCUT2D eigenvalue weighted by Crippen LogP contribution is 2.21. The van der Waals surface area contributed by atoms with Gasteiger partial charge in [-0.25, -0.2) is 0 Å². The summed E-state index contributed by atoms with van der Waals surface area (Å²) in [5.74, 6) is -0.128. The Balaban J connectivity index is 1.67. The number of halogens is 1. The van der Waals surface area contributed by atoms with Gasteiger partial charge in [-0.3, -0.25) is 4.79 Å². The number of nitrogens with one attached hydrogen (secondary N) is 1. The van der Waals surface area contributed by atoms with Gasteiger partial charge in [-0.15, -0.1) is 0 Å². The summed E-state index contributed by atoms with van der Waals surface area (Å²) < 4.78 is 1.07. The van der Waals surface area contributed by atoms with Crippen LogP contribution in [-0.2, 0) is 0 Å². The summed E-state index contributed by atoms with van der Waals surface area (Å²) in [6.45, 7) is 2.02. The molecule has 0 heterocycles. The van der Waals surface area contributed by atoms with Crippen molar-refractivity contribution in [2.75, 3.05) is 5.32 Å². The second-order valence-corrected chi connectivity index (χ2v) is 6.66. The van der Waals surface area contributed by atoms with Crippen molar-refractivity contribution in [3.8, 4) is 0 Å². The van der Waals surface area contributed by atoms with Crippen LogP contribution < -0.4 is 5.32 Å². The first-order chi connectivity index (χ1) is 12.1. The first-order valence-corrected chi connectivity index (χ1v) is 8.84. The minimum Gasteiger partial charge on any atom is -0.322 e. The fourth-order valence-electron chi connectivity index (χ4n) is 2.16. The molecule has 0 saturated carbocycles. The predicted molar refractivity (Wildman–Crippen MR) is 109 cm³/mol. The highest BCUT2D eigenvalue weighted by atomic mass is 127. The highest BCUT2D eigenvalue weighted by molar-refractivity contribution is 14.1. The van der Waals surface area contributed by atoms with Crippen LogP contribution >= 0.6 is 22.6 Å². The van der Waals surface area contributed by atoms with Gasteiger partial charge in [-0.05, 0) is 83.6 Å². The maximum Gasteiger partial charge on any atom is 0.255 e. The number of azo groups is 1. The van der Waals surface area contributed by atoms with E-state index in [0.29, 0.717) is 5.56 Å². The molecular formula is C20H16IN3O. The average Bonchev–Trinajstić information content (AvgIpc) is 2.64. The molecule has 5 heteroatoms. The molecule has 3 aromatic rings. The van der Waals surface area contributed by atoms with E-state index in [4.69, 9.17) is 0 Å². The SMILES string of the molecule is Cc1ccc(C(=O)Nc2ccc(N=Nc3ccccc3)cc2)cc1I. The largest absolute Gasteiger partial charge is 0.322 e. The summed E-state index contributed by atoms with van der Waals surface area (Å²) in [6.07, 6.45) is 0. The molecule has 1 N–H and O–H groups in total. The van der Waals surface area contributed by atoms with E-state index in [0.717, 1.165) is 26.2 Å². The van der Waals surface area contributed by atoms with Gasteiger partial charge in [0, 0.05) is 14.8 Å². The van der Waals surface area contributed by atoms with Crippen LogP contribution in [-0.4, -0.2) is 5.91 Å². The van der Waals surface area contributed by atoms with E-state index in [9.17, 15) is 4.79 Å². The van der Waals surface area contributed by atoms with Crippen molar-refractivity contribution >= 4 is 45.6 Å². The summed E-state index contributed by atoms with van der Waals surface area (Å²) in [5.41, 5.74) is 4.05. The normalized spacial score (nSPS) is 10.8. The summed E-state index contributed by atoms with van der Waals surface area (Å²) in [5, 5.41) is 11.2. The molecule has 4 nitrogen and oxygen atoms in total. The van der Waals surface area contributed by atoms with Gasteiger partial charge in [0.05, 0.1) is 11.4 Å². The zero-order chi connectivity index (χ0) is 17.6. The van der Waals surface area contributed by atoms with Crippen LogP contribution in [0.3, 0.4) is 0 Å². The maximum absolute atomic E-state index is 12.3. The van der Waals surface area contributed by atoms with Gasteiger partial charge in [0.15, 0.2) is 0 Å². The molecule has 25 heavy (non-hydrogen) atoms. The zero-order valence-electron chi connectivity index (χ0n) is 13.6. The second kappa shape index (κ2) is 8.02. The third-order valence-corrected chi connectivity index (χ3v) is 4.76. The fourth-order valence-corrected chi connectivity index (χ4v) is 2.67. The highest BCUT2D eigenvalue weighted by Gasteiger charge is 2.07. The summed E-state index contributed by atoms with van der Waals surface area (Å²) in [4.78, 5) is 12.3. The molecule has 0 aliphatic rings. The number of hydrogen-bond donors (Lipinski definition) is 1. The van der Waals surface area contributed by atoms with Crippen molar-refractivity contribution < 1.29 is 4.79 Å². The molecule has 0 bridgehead atoms. The number of benzene rings is 3. The Labute approximate surface area is 160 Å². The number of carbonyl (C=O) groups excluding carboxylic acids is 1. The van der Waals surface area contributed by atoms with Crippen LogP contribution in [0.2, 0.25) is 0 Å². The van der Waals surface area contributed by atoms with E-state index in [1.54, 1.807) is 0 Å². The Morgan fingerprint density at radius 3 is 2.16 bits per heavy atom. The Hall–Kier alpha value is -2.54. The lowest BCUT2D eigenvalue weighted by Crippen LogP contribution is -2.12. The van der Waals surface area contributed by atoms with Gasteiger partial charge in [0.25, 0.3) is 5.91 Å². The first kappa shape index (κ1) is 17.3. The van der Waals surface area contributed by atoms with Crippen LogP contribution in [0.5, 0.6) is 0 Å². The molecule has 0 saturated heterocycles. The van der Waals surface area contributed by atoms with Gasteiger partial charge in [0.2, 0.25) is 0 Å². The molecule has 0 aliphatic carbocycles. The van der Waals surface area contributed by atoms with Crippen molar-refractivity contribution in [1.82, 2.24) is 0 Å². The molecule has 1 amide bonds. The zero-order valence-corrected chi connectivity index (χ0v) is 15.8. The number of anilines is 1. The van der Waals surface area contributed by atoms with E-state index < -0.39 is 0 Å². The fraction of sp³-hybridized carbons (Fsp3) is 0.0500. The molecule has 0 aliphatic heterocycles. The van der Waals surface area contributed by atoms with E-state index in [1.807, 2.05) is 79.7 Å². The van der Waals surface area contributed by atoms with Gasteiger partial charge >= 0.3 is 0 Å². The second-order valence-electron chi connectivity index (χ2n) is 5.50. The molecule has 0 unspecified atom stereocenters. The number of aryl methyl sites for hydroxylation is 1. The van der Waals surface area contributed by atoms with E-state index in [2.05, 4.69) is 38.1 Å². The lowest BCUT2D eigenvalue weighted by molar-refractivity contribution is 0.102. The Morgan fingerprint density at radius 1 is 0.880 bits per heavy atom. The quantitative estimate of drug-likeness (QED) is 0.377. The van der Waals surface area contributed by atoms with Crippen LogP contribution in [0, 0.1) is 10.5 Å². The molecule has 0 aromatic heterocycles. The number of nitrogens with zero attached hydrogens (tertiary/aromatic N) is 2. The van der Waals surface area contributed by atoms with Gasteiger partial charge in [0.1, 0.15) is 0 Å². The molecule has 0 radical (unpaired) electrons. The summed E-state index contributed by atoms with van der Waals surface area (Å²) >= 11 is 2.23. The van der Waals surface area contributed by atoms with Crippen LogP contribution in [0.1, 0.15) is 15.9 Å². The number of amides is 1. The lowest BCUT2D eigenvalue weighted by atomic mass is 10.1. The Bertz CT molecular complexity index is 906. The average molecular weight is 441 g/mol. The van der Waals surface area contributed by atoms with Crippen molar-refractivity contribution in [3.05, 3.63) is 87.5 Å². The van der Waals surface area contributed by atoms with Crippen LogP contribution in [0.4, 0.5) is 17.1 Å². The van der Waals surface area contributed by atoms with E-state index in [-0.39, 0.29) is 5.91 Å². The smallest absolute Gasteiger partial charge is 0.255 e. The van der Waals surface area contributed by atoms with Gasteiger partial charge in [-0.2, -0.15) is 10.2 Å². The molecule has 0 atom stereocenters. The molecule has 0 fully saturated rings. The van der Waals surface area contributed by atoms with Gasteiger partial charge < -0.3 is 5.32 Å². The van der Waals surface area contributed by atoms with Gasteiger partial charge in [-0.1, -0.05) is 24.3 Å². The van der Waals surface area contributed by atoms with E-state index >= 15 is 0 Å². The van der Waals surface area contributed by atoms with Crippen molar-refractivity contribution in [1.29, 1.82) is 0 Å². The molecular weight excluding hydrogens is 425 g/mol. The van der Waals surface area contributed by atoms with Crippen LogP contribution in [0.15, 0.2) is 83.0 Å².